The third-order valence-corrected chi connectivity index (χ3v) is 9.15. The lowest BCUT2D eigenvalue weighted by atomic mass is 9.87. The minimum atomic E-state index is -4.81. The topological polar surface area (TPSA) is 130 Å². The summed E-state index contributed by atoms with van der Waals surface area (Å²) in [7, 11) is 1.47. The summed E-state index contributed by atoms with van der Waals surface area (Å²) < 4.78 is 71.8. The molecule has 5 aromatic rings. The first-order chi connectivity index (χ1) is 21.6. The molecular formula is C30H25F4N7O3S. The number of pyridine rings is 1. The highest BCUT2D eigenvalue weighted by molar-refractivity contribution is 7.22. The number of rotatable bonds is 8. The largest absolute Gasteiger partial charge is 0.494 e. The van der Waals surface area contributed by atoms with E-state index in [2.05, 4.69) is 20.5 Å². The molecule has 2 aromatic carbocycles. The molecule has 10 nitrogen and oxygen atoms in total. The molecule has 232 valence electrons. The normalized spacial score (nSPS) is 18.4. The van der Waals surface area contributed by atoms with Gasteiger partial charge in [-0.3, -0.25) is 9.36 Å². The highest BCUT2D eigenvalue weighted by Gasteiger charge is 2.63. The van der Waals surface area contributed by atoms with Crippen molar-refractivity contribution >= 4 is 32.6 Å². The smallest absolute Gasteiger partial charge is 0.419 e. The van der Waals surface area contributed by atoms with E-state index in [1.54, 1.807) is 12.1 Å². The van der Waals surface area contributed by atoms with Crippen molar-refractivity contribution < 1.29 is 31.8 Å². The first-order valence-electron chi connectivity index (χ1n) is 14.0. The summed E-state index contributed by atoms with van der Waals surface area (Å²) in [6, 6.07) is 9.96. The van der Waals surface area contributed by atoms with Gasteiger partial charge < -0.3 is 20.5 Å². The minimum Gasteiger partial charge on any atom is -0.494 e. The van der Waals surface area contributed by atoms with Crippen LogP contribution in [0.15, 0.2) is 55.1 Å². The first kappa shape index (κ1) is 29.0. The van der Waals surface area contributed by atoms with Crippen LogP contribution in [-0.4, -0.2) is 57.1 Å². The number of alkyl halides is 3. The van der Waals surface area contributed by atoms with Crippen molar-refractivity contribution in [1.29, 1.82) is 0 Å². The first-order valence-corrected chi connectivity index (χ1v) is 14.8. The van der Waals surface area contributed by atoms with Crippen LogP contribution in [0.4, 0.5) is 22.7 Å². The Morgan fingerprint density at radius 2 is 1.91 bits per heavy atom. The zero-order chi connectivity index (χ0) is 31.5. The predicted octanol–water partition coefficient (Wildman–Crippen LogP) is 5.30. The molecule has 1 unspecified atom stereocenters. The number of carbonyl (C=O) groups is 1. The van der Waals surface area contributed by atoms with Gasteiger partial charge in [0, 0.05) is 34.8 Å². The molecule has 1 fully saturated rings. The number of anilines is 1. The van der Waals surface area contributed by atoms with Crippen molar-refractivity contribution in [3.63, 3.8) is 0 Å². The summed E-state index contributed by atoms with van der Waals surface area (Å²) in [4.78, 5) is 22.4. The summed E-state index contributed by atoms with van der Waals surface area (Å²) in [6.45, 7) is -0.656. The Hall–Kier alpha value is -4.79. The van der Waals surface area contributed by atoms with E-state index in [9.17, 15) is 9.18 Å². The van der Waals surface area contributed by atoms with E-state index in [1.165, 1.54) is 48.8 Å². The fraction of sp³-hybridized carbons (Fsp3) is 0.300. The monoisotopic (exact) mass is 639 g/mol. The third kappa shape index (κ3) is 4.90. The molecule has 1 aliphatic heterocycles. The van der Waals surface area contributed by atoms with Gasteiger partial charge in [-0.2, -0.15) is 13.2 Å². The summed E-state index contributed by atoms with van der Waals surface area (Å²) in [6.07, 6.45) is -1.16. The summed E-state index contributed by atoms with van der Waals surface area (Å²) in [5, 5.41) is 10.5. The van der Waals surface area contributed by atoms with Crippen LogP contribution in [0, 0.1) is 11.7 Å². The summed E-state index contributed by atoms with van der Waals surface area (Å²) in [5.74, 6) is -0.908. The number of nitrogen functional groups attached to an aromatic ring is 1. The van der Waals surface area contributed by atoms with Crippen molar-refractivity contribution in [2.24, 2.45) is 5.92 Å². The Labute approximate surface area is 257 Å². The number of hydrogen-bond donors (Lipinski definition) is 2. The molecule has 1 saturated carbocycles. The van der Waals surface area contributed by atoms with Gasteiger partial charge in [0.15, 0.2) is 10.9 Å². The number of amides is 1. The molecule has 1 aliphatic carbocycles. The number of aromatic nitrogens is 5. The van der Waals surface area contributed by atoms with Gasteiger partial charge in [0.05, 0.1) is 11.8 Å². The molecule has 15 heteroatoms. The maximum absolute atomic E-state index is 15.1. The fourth-order valence-corrected chi connectivity index (χ4v) is 6.66. The molecule has 2 atom stereocenters. The Bertz CT molecular complexity index is 1910. The Morgan fingerprint density at radius 1 is 1.18 bits per heavy atom. The third-order valence-electron chi connectivity index (χ3n) is 8.32. The van der Waals surface area contributed by atoms with Gasteiger partial charge in [-0.25, -0.2) is 14.4 Å². The van der Waals surface area contributed by atoms with Gasteiger partial charge in [-0.1, -0.05) is 11.3 Å². The number of benzene rings is 2. The number of nitrogens with two attached hydrogens (primary N) is 1. The lowest BCUT2D eigenvalue weighted by Crippen LogP contribution is -2.49. The number of thiazole rings is 1. The molecule has 3 aromatic heterocycles. The van der Waals surface area contributed by atoms with Crippen LogP contribution in [0.1, 0.15) is 40.4 Å². The van der Waals surface area contributed by atoms with Crippen molar-refractivity contribution in [2.75, 3.05) is 26.0 Å². The lowest BCUT2D eigenvalue weighted by molar-refractivity contribution is -0.202. The number of hydrogen-bond acceptors (Lipinski definition) is 9. The molecular weight excluding hydrogens is 614 g/mol. The molecule has 3 N–H and O–H groups in total. The highest BCUT2D eigenvalue weighted by Crippen LogP contribution is 2.54. The summed E-state index contributed by atoms with van der Waals surface area (Å²) >= 11 is 1.22. The van der Waals surface area contributed by atoms with E-state index in [4.69, 9.17) is 20.2 Å². The van der Waals surface area contributed by atoms with Crippen LogP contribution < -0.4 is 20.5 Å². The van der Waals surface area contributed by atoms with Crippen molar-refractivity contribution in [3.05, 3.63) is 77.8 Å². The zero-order valence-electron chi connectivity index (χ0n) is 23.6. The van der Waals surface area contributed by atoms with Gasteiger partial charge >= 0.3 is 6.18 Å². The summed E-state index contributed by atoms with van der Waals surface area (Å²) in [5.41, 5.74) is 4.83. The van der Waals surface area contributed by atoms with Crippen LogP contribution >= 0.6 is 11.3 Å². The van der Waals surface area contributed by atoms with E-state index < -0.39 is 36.0 Å². The van der Waals surface area contributed by atoms with Crippen molar-refractivity contribution in [1.82, 2.24) is 30.0 Å². The van der Waals surface area contributed by atoms with Crippen LogP contribution in [-0.2, 0) is 5.54 Å². The molecule has 0 bridgehead atoms. The lowest BCUT2D eigenvalue weighted by Gasteiger charge is -2.32. The average Bonchev–Trinajstić information content (AvgIpc) is 3.36. The molecule has 2 aliphatic rings. The molecule has 7 rings (SSSR count). The van der Waals surface area contributed by atoms with E-state index in [1.807, 2.05) is 0 Å². The standard InChI is InChI=1S/C30H25F4N7O3S/c1-43-22-8-17(9-23-25(22)40-28(35)45-23)27(42)36-11-19(15-2-3-15)21-10-20-26(24(39-21)16-4-6-18(31)7-5-16)44-12-29(20,30(32,33)34)41-13-37-38-14-41/h4-10,13-15,19H,2-3,11-12H2,1H3,(H2,35,40)(H,36,42)/t19?,29-/m0/s1. The molecule has 0 saturated heterocycles. The molecule has 0 spiro atoms. The predicted molar refractivity (Wildman–Crippen MR) is 157 cm³/mol. The SMILES string of the molecule is COc1cc(C(=O)NCC(c2cc3c(c(-c4ccc(F)cc4)n2)OC[C@@]3(n2cnnc2)C(F)(F)F)C2CC2)cc2sc(N)nc12. The Morgan fingerprint density at radius 3 is 2.58 bits per heavy atom. The van der Waals surface area contributed by atoms with Crippen LogP contribution in [0.3, 0.4) is 0 Å². The maximum Gasteiger partial charge on any atom is 0.419 e. The molecule has 45 heavy (non-hydrogen) atoms. The van der Waals surface area contributed by atoms with Gasteiger partial charge in [0.25, 0.3) is 5.91 Å². The van der Waals surface area contributed by atoms with Crippen LogP contribution in [0.2, 0.25) is 0 Å². The number of methoxy groups -OCH3 is 1. The molecule has 0 radical (unpaired) electrons. The second-order valence-electron chi connectivity index (χ2n) is 11.0. The second kappa shape index (κ2) is 10.7. The van der Waals surface area contributed by atoms with E-state index in [-0.39, 0.29) is 29.5 Å². The molecule has 1 amide bonds. The van der Waals surface area contributed by atoms with Crippen molar-refractivity contribution in [2.45, 2.75) is 30.5 Å². The number of nitrogens with one attached hydrogen (secondary N) is 1. The molecule has 4 heterocycles. The van der Waals surface area contributed by atoms with Gasteiger partial charge in [-0.05, 0) is 61.2 Å². The number of fused-ring (bicyclic) bond motifs is 2. The van der Waals surface area contributed by atoms with Crippen LogP contribution in [0.5, 0.6) is 11.5 Å². The number of halogens is 4. The van der Waals surface area contributed by atoms with E-state index >= 15 is 13.2 Å². The average molecular weight is 640 g/mol. The minimum absolute atomic E-state index is 0.0563. The number of carbonyl (C=O) groups excluding carboxylic acids is 1. The second-order valence-corrected chi connectivity index (χ2v) is 12.1. The number of ether oxygens (including phenoxy) is 2. The quantitative estimate of drug-likeness (QED) is 0.219. The number of nitrogens with zero attached hydrogens (tertiary/aromatic N) is 5. The van der Waals surface area contributed by atoms with Crippen LogP contribution in [0.25, 0.3) is 21.5 Å². The van der Waals surface area contributed by atoms with Crippen molar-refractivity contribution in [3.8, 4) is 22.8 Å². The Balaban J connectivity index is 1.30. The Kier molecular flexibility index (Phi) is 6.87. The highest BCUT2D eigenvalue weighted by atomic mass is 32.1. The van der Waals surface area contributed by atoms with Gasteiger partial charge in [0.1, 0.15) is 42.0 Å². The van der Waals surface area contributed by atoms with E-state index in [0.717, 1.165) is 30.1 Å². The zero-order valence-corrected chi connectivity index (χ0v) is 24.5. The van der Waals surface area contributed by atoms with Gasteiger partial charge in [-0.15, -0.1) is 10.2 Å². The fourth-order valence-electron chi connectivity index (χ4n) is 5.87. The van der Waals surface area contributed by atoms with Gasteiger partial charge in [0.2, 0.25) is 5.54 Å². The maximum atomic E-state index is 15.1. The van der Waals surface area contributed by atoms with E-state index in [0.29, 0.717) is 37.9 Å².